The summed E-state index contributed by atoms with van der Waals surface area (Å²) in [5.74, 6) is 1.14. The lowest BCUT2D eigenvalue weighted by atomic mass is 10.4. The molecule has 0 radical (unpaired) electrons. The summed E-state index contributed by atoms with van der Waals surface area (Å²) in [6.45, 7) is 0.539. The molecule has 4 heteroatoms. The maximum atomic E-state index is 10.9. The van der Waals surface area contributed by atoms with Crippen LogP contribution in [0.15, 0.2) is 0 Å². The van der Waals surface area contributed by atoms with Gasteiger partial charge in [0.15, 0.2) is 0 Å². The van der Waals surface area contributed by atoms with Crippen LogP contribution in [-0.2, 0) is 4.74 Å². The number of rotatable bonds is 5. The average Bonchev–Trinajstić information content (AvgIpc) is 2.03. The van der Waals surface area contributed by atoms with Crippen LogP contribution in [0.4, 0.5) is 4.79 Å². The minimum absolute atomic E-state index is 0.251. The van der Waals surface area contributed by atoms with E-state index in [9.17, 15) is 4.79 Å². The van der Waals surface area contributed by atoms with E-state index in [1.807, 2.05) is 11.8 Å². The Morgan fingerprint density at radius 3 is 2.58 bits per heavy atom. The molecule has 0 saturated heterocycles. The Balaban J connectivity index is 3.14. The van der Waals surface area contributed by atoms with Crippen LogP contribution in [0, 0.1) is 0 Å². The zero-order chi connectivity index (χ0) is 9.40. The van der Waals surface area contributed by atoms with Crippen LogP contribution in [0.3, 0.4) is 0 Å². The summed E-state index contributed by atoms with van der Waals surface area (Å²) < 4.78 is 4.93. The van der Waals surface area contributed by atoms with Crippen LogP contribution in [0.1, 0.15) is 12.8 Å². The maximum absolute atomic E-state index is 10.9. The second-order valence-electron chi connectivity index (χ2n) is 2.71. The molecule has 0 N–H and O–H groups in total. The smallest absolute Gasteiger partial charge is 0.409 e. The summed E-state index contributed by atoms with van der Waals surface area (Å²) in [6, 6.07) is 0. The van der Waals surface area contributed by atoms with Crippen molar-refractivity contribution in [1.29, 1.82) is 0 Å². The third kappa shape index (κ3) is 6.34. The van der Waals surface area contributed by atoms with Gasteiger partial charge in [0, 0.05) is 14.1 Å². The number of hydrogen-bond acceptors (Lipinski definition) is 3. The van der Waals surface area contributed by atoms with E-state index in [0.717, 1.165) is 18.6 Å². The molecule has 0 atom stereocenters. The van der Waals surface area contributed by atoms with Crippen molar-refractivity contribution in [3.05, 3.63) is 0 Å². The Kier molecular flexibility index (Phi) is 7.05. The fourth-order valence-electron chi connectivity index (χ4n) is 0.637. The molecular formula is C8H17NO2S. The van der Waals surface area contributed by atoms with E-state index >= 15 is 0 Å². The van der Waals surface area contributed by atoms with Crippen LogP contribution >= 0.6 is 11.8 Å². The van der Waals surface area contributed by atoms with Crippen molar-refractivity contribution in [1.82, 2.24) is 4.90 Å². The summed E-state index contributed by atoms with van der Waals surface area (Å²) in [7, 11) is 3.37. The summed E-state index contributed by atoms with van der Waals surface area (Å²) in [5.41, 5.74) is 0. The minimum Gasteiger partial charge on any atom is -0.449 e. The molecule has 0 aromatic carbocycles. The van der Waals surface area contributed by atoms with Crippen LogP contribution in [0.2, 0.25) is 0 Å². The normalized spacial score (nSPS) is 9.58. The van der Waals surface area contributed by atoms with Crippen molar-refractivity contribution in [2.45, 2.75) is 12.8 Å². The van der Waals surface area contributed by atoms with Crippen molar-refractivity contribution < 1.29 is 9.53 Å². The zero-order valence-corrected chi connectivity index (χ0v) is 8.82. The first-order valence-electron chi connectivity index (χ1n) is 4.01. The van der Waals surface area contributed by atoms with Crippen LogP contribution in [0.25, 0.3) is 0 Å². The van der Waals surface area contributed by atoms with Crippen LogP contribution < -0.4 is 0 Å². The van der Waals surface area contributed by atoms with Crippen LogP contribution in [0.5, 0.6) is 0 Å². The molecule has 0 unspecified atom stereocenters. The predicted octanol–water partition coefficient (Wildman–Crippen LogP) is 1.83. The Morgan fingerprint density at radius 2 is 2.08 bits per heavy atom. The molecule has 0 saturated carbocycles. The fourth-order valence-corrected chi connectivity index (χ4v) is 1.13. The first-order valence-corrected chi connectivity index (χ1v) is 5.41. The number of amides is 1. The standard InChI is InChI=1S/C8H17NO2S/c1-9(2)8(10)11-6-4-5-7-12-3/h4-7H2,1-3H3. The Morgan fingerprint density at radius 1 is 1.42 bits per heavy atom. The van der Waals surface area contributed by atoms with E-state index in [4.69, 9.17) is 4.74 Å². The molecule has 3 nitrogen and oxygen atoms in total. The molecule has 0 spiro atoms. The second-order valence-corrected chi connectivity index (χ2v) is 3.69. The van der Waals surface area contributed by atoms with Gasteiger partial charge in [0.25, 0.3) is 0 Å². The lowest BCUT2D eigenvalue weighted by molar-refractivity contribution is 0.117. The van der Waals surface area contributed by atoms with Crippen molar-refractivity contribution in [2.75, 3.05) is 32.7 Å². The number of unbranched alkanes of at least 4 members (excludes halogenated alkanes) is 1. The number of carbonyl (C=O) groups is 1. The maximum Gasteiger partial charge on any atom is 0.409 e. The van der Waals surface area contributed by atoms with Crippen LogP contribution in [-0.4, -0.2) is 43.7 Å². The third-order valence-corrected chi connectivity index (χ3v) is 2.03. The number of carbonyl (C=O) groups excluding carboxylic acids is 1. The highest BCUT2D eigenvalue weighted by Gasteiger charge is 2.02. The van der Waals surface area contributed by atoms with E-state index in [1.54, 1.807) is 14.1 Å². The second kappa shape index (κ2) is 7.28. The Bertz CT molecular complexity index is 128. The summed E-state index contributed by atoms with van der Waals surface area (Å²) in [4.78, 5) is 12.3. The van der Waals surface area contributed by atoms with Gasteiger partial charge in [-0.1, -0.05) is 0 Å². The molecule has 0 aromatic heterocycles. The highest BCUT2D eigenvalue weighted by molar-refractivity contribution is 7.98. The SMILES string of the molecule is CSCCCCOC(=O)N(C)C. The summed E-state index contributed by atoms with van der Waals surface area (Å²) in [5, 5.41) is 0. The predicted molar refractivity (Wildman–Crippen MR) is 52.7 cm³/mol. The first-order chi connectivity index (χ1) is 5.68. The molecule has 0 aliphatic heterocycles. The van der Waals surface area contributed by atoms with Gasteiger partial charge in [0.1, 0.15) is 0 Å². The van der Waals surface area contributed by atoms with Crippen molar-refractivity contribution >= 4 is 17.9 Å². The molecule has 0 aromatic rings. The van der Waals surface area contributed by atoms with Gasteiger partial charge in [0.05, 0.1) is 6.61 Å². The van der Waals surface area contributed by atoms with E-state index in [-0.39, 0.29) is 6.09 Å². The molecule has 12 heavy (non-hydrogen) atoms. The largest absolute Gasteiger partial charge is 0.449 e. The average molecular weight is 191 g/mol. The highest BCUT2D eigenvalue weighted by atomic mass is 32.2. The molecule has 0 aliphatic carbocycles. The number of nitrogens with zero attached hydrogens (tertiary/aromatic N) is 1. The topological polar surface area (TPSA) is 29.5 Å². The quantitative estimate of drug-likeness (QED) is 0.621. The zero-order valence-electron chi connectivity index (χ0n) is 8.00. The first kappa shape index (κ1) is 11.6. The van der Waals surface area contributed by atoms with Gasteiger partial charge in [-0.3, -0.25) is 0 Å². The van der Waals surface area contributed by atoms with Crippen molar-refractivity contribution in [2.24, 2.45) is 0 Å². The highest BCUT2D eigenvalue weighted by Crippen LogP contribution is 1.99. The van der Waals surface area contributed by atoms with Crippen molar-refractivity contribution in [3.63, 3.8) is 0 Å². The third-order valence-electron chi connectivity index (χ3n) is 1.33. The summed E-state index contributed by atoms with van der Waals surface area (Å²) >= 11 is 1.82. The lowest BCUT2D eigenvalue weighted by Gasteiger charge is -2.10. The van der Waals surface area contributed by atoms with Gasteiger partial charge in [-0.05, 0) is 24.9 Å². The van der Waals surface area contributed by atoms with E-state index in [2.05, 4.69) is 6.26 Å². The Labute approximate surface area is 78.5 Å². The molecular weight excluding hydrogens is 174 g/mol. The van der Waals surface area contributed by atoms with Gasteiger partial charge in [0.2, 0.25) is 0 Å². The number of ether oxygens (including phenoxy) is 1. The Hall–Kier alpha value is -0.380. The molecule has 1 amide bonds. The minimum atomic E-state index is -0.251. The molecule has 0 heterocycles. The molecule has 0 bridgehead atoms. The van der Waals surface area contributed by atoms with E-state index < -0.39 is 0 Å². The number of hydrogen-bond donors (Lipinski definition) is 0. The van der Waals surface area contributed by atoms with Gasteiger partial charge in [-0.15, -0.1) is 0 Å². The number of thioether (sulfide) groups is 1. The fraction of sp³-hybridized carbons (Fsp3) is 0.875. The lowest BCUT2D eigenvalue weighted by Crippen LogP contribution is -2.23. The van der Waals surface area contributed by atoms with E-state index in [0.29, 0.717) is 6.61 Å². The molecule has 72 valence electrons. The molecule has 0 rings (SSSR count). The van der Waals surface area contributed by atoms with Gasteiger partial charge < -0.3 is 9.64 Å². The van der Waals surface area contributed by atoms with E-state index in [1.165, 1.54) is 4.90 Å². The molecule has 0 aliphatic rings. The molecule has 0 fully saturated rings. The van der Waals surface area contributed by atoms with Crippen molar-refractivity contribution in [3.8, 4) is 0 Å². The van der Waals surface area contributed by atoms with Gasteiger partial charge >= 0.3 is 6.09 Å². The summed E-state index contributed by atoms with van der Waals surface area (Å²) in [6.07, 6.45) is 3.90. The van der Waals surface area contributed by atoms with Gasteiger partial charge in [-0.25, -0.2) is 4.79 Å². The monoisotopic (exact) mass is 191 g/mol. The van der Waals surface area contributed by atoms with Gasteiger partial charge in [-0.2, -0.15) is 11.8 Å².